The van der Waals surface area contributed by atoms with Gasteiger partial charge in [0, 0.05) is 24.8 Å². The van der Waals surface area contributed by atoms with Crippen LogP contribution in [0, 0.1) is 15.9 Å². The van der Waals surface area contributed by atoms with E-state index in [9.17, 15) is 14.5 Å². The Kier molecular flexibility index (Phi) is 4.90. The number of nitro benzene ring substituents is 1. The minimum absolute atomic E-state index is 0.0441. The van der Waals surface area contributed by atoms with Gasteiger partial charge in [0.25, 0.3) is 5.69 Å². The van der Waals surface area contributed by atoms with E-state index < -0.39 is 4.92 Å². The van der Waals surface area contributed by atoms with Crippen molar-refractivity contribution in [3.8, 4) is 0 Å². The topological polar surface area (TPSA) is 46.4 Å². The maximum absolute atomic E-state index is 13.0. The van der Waals surface area contributed by atoms with E-state index in [2.05, 4.69) is 15.9 Å². The molecule has 6 heteroatoms. The molecule has 2 aromatic carbocycles. The van der Waals surface area contributed by atoms with Gasteiger partial charge >= 0.3 is 0 Å². The summed E-state index contributed by atoms with van der Waals surface area (Å²) < 4.78 is 13.4. The fourth-order valence-electron chi connectivity index (χ4n) is 2.05. The zero-order valence-electron chi connectivity index (χ0n) is 11.4. The largest absolute Gasteiger partial charge is 0.367 e. The number of hydrogen-bond donors (Lipinski definition) is 0. The molecule has 0 aliphatic heterocycles. The van der Waals surface area contributed by atoms with Crippen LogP contribution in [0.4, 0.5) is 15.8 Å². The lowest BCUT2D eigenvalue weighted by atomic mass is 10.1. The van der Waals surface area contributed by atoms with Gasteiger partial charge in [0.2, 0.25) is 0 Å². The normalized spacial score (nSPS) is 10.4. The standard InChI is InChI=1S/C15H14BrFN2O2/c1-2-18(13-6-4-12(17)5-7-13)10-11-3-8-14(16)15(9-11)19(20)21/h3-9H,2,10H2,1H3. The predicted molar refractivity (Wildman–Crippen MR) is 83.9 cm³/mol. The van der Waals surface area contributed by atoms with Crippen LogP contribution in [0.15, 0.2) is 46.9 Å². The molecule has 0 saturated heterocycles. The van der Waals surface area contributed by atoms with E-state index in [4.69, 9.17) is 0 Å². The lowest BCUT2D eigenvalue weighted by molar-refractivity contribution is -0.385. The second-order valence-corrected chi connectivity index (χ2v) is 5.39. The van der Waals surface area contributed by atoms with E-state index in [0.29, 0.717) is 11.0 Å². The second-order valence-electron chi connectivity index (χ2n) is 4.53. The molecule has 0 saturated carbocycles. The zero-order chi connectivity index (χ0) is 15.4. The van der Waals surface area contributed by atoms with Crippen molar-refractivity contribution in [3.63, 3.8) is 0 Å². The van der Waals surface area contributed by atoms with Crippen LogP contribution in [-0.4, -0.2) is 11.5 Å². The number of hydrogen-bond acceptors (Lipinski definition) is 3. The first kappa shape index (κ1) is 15.4. The van der Waals surface area contributed by atoms with E-state index in [1.807, 2.05) is 17.9 Å². The van der Waals surface area contributed by atoms with Crippen LogP contribution >= 0.6 is 15.9 Å². The highest BCUT2D eigenvalue weighted by atomic mass is 79.9. The van der Waals surface area contributed by atoms with Gasteiger partial charge in [0.05, 0.1) is 9.40 Å². The molecule has 0 spiro atoms. The lowest BCUT2D eigenvalue weighted by Crippen LogP contribution is -2.21. The Bertz CT molecular complexity index is 647. The Hall–Kier alpha value is -1.95. The maximum atomic E-state index is 13.0. The van der Waals surface area contributed by atoms with Gasteiger partial charge in [-0.2, -0.15) is 0 Å². The van der Waals surface area contributed by atoms with Gasteiger partial charge in [0.15, 0.2) is 0 Å². The van der Waals surface area contributed by atoms with E-state index in [1.54, 1.807) is 24.3 Å². The third-order valence-corrected chi connectivity index (χ3v) is 3.82. The predicted octanol–water partition coefficient (Wildman–Crippen LogP) is 4.52. The highest BCUT2D eigenvalue weighted by Crippen LogP contribution is 2.27. The molecule has 0 aromatic heterocycles. The number of halogens is 2. The first-order chi connectivity index (χ1) is 10.0. The molecule has 0 N–H and O–H groups in total. The van der Waals surface area contributed by atoms with Gasteiger partial charge in [-0.15, -0.1) is 0 Å². The highest BCUT2D eigenvalue weighted by Gasteiger charge is 2.14. The van der Waals surface area contributed by atoms with Crippen LogP contribution in [0.25, 0.3) is 0 Å². The summed E-state index contributed by atoms with van der Waals surface area (Å²) in [6, 6.07) is 11.3. The molecule has 0 bridgehead atoms. The van der Waals surface area contributed by atoms with E-state index in [-0.39, 0.29) is 11.5 Å². The average molecular weight is 353 g/mol. The van der Waals surface area contributed by atoms with Crippen molar-refractivity contribution in [2.75, 3.05) is 11.4 Å². The Morgan fingerprint density at radius 2 is 1.90 bits per heavy atom. The summed E-state index contributed by atoms with van der Waals surface area (Å²) in [6.45, 7) is 3.22. The first-order valence-corrected chi connectivity index (χ1v) is 7.24. The Balaban J connectivity index is 2.24. The van der Waals surface area contributed by atoms with Crippen molar-refractivity contribution in [1.29, 1.82) is 0 Å². The third-order valence-electron chi connectivity index (χ3n) is 3.15. The van der Waals surface area contributed by atoms with Gasteiger partial charge in [-0.1, -0.05) is 6.07 Å². The number of nitrogens with zero attached hydrogens (tertiary/aromatic N) is 2. The molecule has 0 atom stereocenters. The SMILES string of the molecule is CCN(Cc1ccc(Br)c([N+](=O)[O-])c1)c1ccc(F)cc1. The molecule has 2 aromatic rings. The Morgan fingerprint density at radius 1 is 1.24 bits per heavy atom. The maximum Gasteiger partial charge on any atom is 0.283 e. The summed E-state index contributed by atoms with van der Waals surface area (Å²) in [7, 11) is 0. The molecule has 0 heterocycles. The van der Waals surface area contributed by atoms with Crippen LogP contribution in [0.1, 0.15) is 12.5 Å². The number of anilines is 1. The highest BCUT2D eigenvalue weighted by molar-refractivity contribution is 9.10. The van der Waals surface area contributed by atoms with Gasteiger partial charge < -0.3 is 4.90 Å². The summed E-state index contributed by atoms with van der Waals surface area (Å²) in [5, 5.41) is 11.0. The molecule has 110 valence electrons. The summed E-state index contributed by atoms with van der Waals surface area (Å²) in [4.78, 5) is 12.6. The first-order valence-electron chi connectivity index (χ1n) is 6.44. The number of nitro groups is 1. The summed E-state index contributed by atoms with van der Waals surface area (Å²) in [5.41, 5.74) is 1.75. The molecule has 4 nitrogen and oxygen atoms in total. The molecule has 0 unspecified atom stereocenters. The van der Waals surface area contributed by atoms with Crippen LogP contribution < -0.4 is 4.90 Å². The van der Waals surface area contributed by atoms with Crippen LogP contribution in [0.5, 0.6) is 0 Å². The lowest BCUT2D eigenvalue weighted by Gasteiger charge is -2.23. The van der Waals surface area contributed by atoms with Crippen molar-refractivity contribution < 1.29 is 9.31 Å². The fraction of sp³-hybridized carbons (Fsp3) is 0.200. The molecule has 0 fully saturated rings. The van der Waals surface area contributed by atoms with Crippen molar-refractivity contribution in [2.24, 2.45) is 0 Å². The van der Waals surface area contributed by atoms with Crippen molar-refractivity contribution in [1.82, 2.24) is 0 Å². The summed E-state index contributed by atoms with van der Waals surface area (Å²) in [6.07, 6.45) is 0. The van der Waals surface area contributed by atoms with Crippen molar-refractivity contribution >= 4 is 27.3 Å². The number of benzene rings is 2. The minimum Gasteiger partial charge on any atom is -0.367 e. The molecular weight excluding hydrogens is 339 g/mol. The quantitative estimate of drug-likeness (QED) is 0.586. The van der Waals surface area contributed by atoms with Crippen molar-refractivity contribution in [2.45, 2.75) is 13.5 Å². The summed E-state index contributed by atoms with van der Waals surface area (Å²) >= 11 is 3.17. The van der Waals surface area contributed by atoms with E-state index >= 15 is 0 Å². The zero-order valence-corrected chi connectivity index (χ0v) is 13.0. The second kappa shape index (κ2) is 6.67. The third kappa shape index (κ3) is 3.78. The Labute approximate surface area is 130 Å². The van der Waals surface area contributed by atoms with Gasteiger partial charge in [-0.3, -0.25) is 10.1 Å². The molecule has 0 amide bonds. The number of rotatable bonds is 5. The van der Waals surface area contributed by atoms with Crippen LogP contribution in [0.3, 0.4) is 0 Å². The smallest absolute Gasteiger partial charge is 0.283 e. The Morgan fingerprint density at radius 3 is 2.48 bits per heavy atom. The van der Waals surface area contributed by atoms with Crippen LogP contribution in [0.2, 0.25) is 0 Å². The summed E-state index contributed by atoms with van der Waals surface area (Å²) in [5.74, 6) is -0.283. The van der Waals surface area contributed by atoms with Gasteiger partial charge in [-0.25, -0.2) is 4.39 Å². The molecule has 2 rings (SSSR count). The molecular formula is C15H14BrFN2O2. The van der Waals surface area contributed by atoms with E-state index in [0.717, 1.165) is 17.8 Å². The van der Waals surface area contributed by atoms with Crippen molar-refractivity contribution in [3.05, 3.63) is 68.4 Å². The fourth-order valence-corrected chi connectivity index (χ4v) is 2.45. The van der Waals surface area contributed by atoms with Gasteiger partial charge in [0.1, 0.15) is 5.82 Å². The monoisotopic (exact) mass is 352 g/mol. The van der Waals surface area contributed by atoms with Crippen LogP contribution in [-0.2, 0) is 6.54 Å². The van der Waals surface area contributed by atoms with E-state index in [1.165, 1.54) is 12.1 Å². The van der Waals surface area contributed by atoms with Gasteiger partial charge in [-0.05, 0) is 58.7 Å². The molecule has 21 heavy (non-hydrogen) atoms. The average Bonchev–Trinajstić information content (AvgIpc) is 2.47. The molecule has 0 aliphatic rings. The minimum atomic E-state index is -0.415. The molecule has 0 aliphatic carbocycles. The molecule has 0 radical (unpaired) electrons.